The summed E-state index contributed by atoms with van der Waals surface area (Å²) in [6.45, 7) is 4.34. The predicted molar refractivity (Wildman–Crippen MR) is 153 cm³/mol. The average Bonchev–Trinajstić information content (AvgIpc) is 3.26. The second-order valence-electron chi connectivity index (χ2n) is 9.79. The van der Waals surface area contributed by atoms with Crippen molar-refractivity contribution in [3.8, 4) is 0 Å². The predicted octanol–water partition coefficient (Wildman–Crippen LogP) is 4.80. The van der Waals surface area contributed by atoms with E-state index in [1.165, 1.54) is 29.2 Å². The van der Waals surface area contributed by atoms with Gasteiger partial charge in [-0.2, -0.15) is 0 Å². The molecule has 5 rings (SSSR count). The van der Waals surface area contributed by atoms with Crippen LogP contribution in [0.2, 0.25) is 10.0 Å². The molecule has 0 radical (unpaired) electrons. The third-order valence-electron chi connectivity index (χ3n) is 7.25. The molecule has 2 fully saturated rings. The Morgan fingerprint density at radius 3 is 2.15 bits per heavy atom. The highest BCUT2D eigenvalue weighted by Gasteiger charge is 2.43. The number of carbonyl (C=O) groups is 4. The number of rotatable bonds is 7. The van der Waals surface area contributed by atoms with Gasteiger partial charge in [-0.1, -0.05) is 29.3 Å². The lowest BCUT2D eigenvalue weighted by Gasteiger charge is -2.38. The molecule has 3 aromatic rings. The molecule has 40 heavy (non-hydrogen) atoms. The van der Waals surface area contributed by atoms with Crippen molar-refractivity contribution >= 4 is 58.1 Å². The standard InChI is InChI=1S/C30H27Cl2N3O5/c1-19-2-7-23(32)16-25(19)33-12-14-34(15-13-33)26-17-28(37)35(29(26)38)24-10-5-21(6-11-24)30(39)40-18-27(36)20-3-8-22(31)9-4-20/h2-11,16,26H,12-15,17-18H2,1H3. The fourth-order valence-electron chi connectivity index (χ4n) is 5.05. The lowest BCUT2D eigenvalue weighted by atomic mass is 10.1. The van der Waals surface area contributed by atoms with E-state index in [-0.39, 0.29) is 29.6 Å². The van der Waals surface area contributed by atoms with Crippen LogP contribution in [0.1, 0.15) is 32.7 Å². The van der Waals surface area contributed by atoms with Crippen LogP contribution >= 0.6 is 23.2 Å². The van der Waals surface area contributed by atoms with Crippen LogP contribution in [0.3, 0.4) is 0 Å². The Morgan fingerprint density at radius 1 is 0.850 bits per heavy atom. The van der Waals surface area contributed by atoms with Crippen molar-refractivity contribution in [2.24, 2.45) is 0 Å². The summed E-state index contributed by atoms with van der Waals surface area (Å²) in [5.74, 6) is -1.60. The number of carbonyl (C=O) groups excluding carboxylic acids is 4. The third kappa shape index (κ3) is 5.89. The van der Waals surface area contributed by atoms with Gasteiger partial charge in [-0.05, 0) is 73.2 Å². The maximum absolute atomic E-state index is 13.3. The molecular formula is C30H27Cl2N3O5. The van der Waals surface area contributed by atoms with Gasteiger partial charge in [0.2, 0.25) is 5.91 Å². The molecule has 2 amide bonds. The number of hydrogen-bond acceptors (Lipinski definition) is 7. The summed E-state index contributed by atoms with van der Waals surface area (Å²) in [5, 5.41) is 1.18. The van der Waals surface area contributed by atoms with Gasteiger partial charge in [-0.15, -0.1) is 0 Å². The van der Waals surface area contributed by atoms with Gasteiger partial charge in [0.1, 0.15) is 0 Å². The Morgan fingerprint density at radius 2 is 1.48 bits per heavy atom. The van der Waals surface area contributed by atoms with Gasteiger partial charge in [-0.3, -0.25) is 19.3 Å². The average molecular weight is 580 g/mol. The van der Waals surface area contributed by atoms with E-state index < -0.39 is 18.6 Å². The molecule has 0 bridgehead atoms. The van der Waals surface area contributed by atoms with Crippen LogP contribution in [-0.4, -0.2) is 67.3 Å². The van der Waals surface area contributed by atoms with E-state index in [2.05, 4.69) is 9.80 Å². The minimum atomic E-state index is -0.682. The number of imide groups is 1. The number of Topliss-reactive ketones (excluding diaryl/α,β-unsaturated/α-hetero) is 1. The summed E-state index contributed by atoms with van der Waals surface area (Å²) in [4.78, 5) is 56.4. The van der Waals surface area contributed by atoms with Crippen molar-refractivity contribution in [2.45, 2.75) is 19.4 Å². The largest absolute Gasteiger partial charge is 0.454 e. The quantitative estimate of drug-likeness (QED) is 0.226. The van der Waals surface area contributed by atoms with E-state index in [0.717, 1.165) is 24.3 Å². The number of halogens is 2. The Balaban J connectivity index is 1.18. The molecule has 2 aliphatic rings. The summed E-state index contributed by atoms with van der Waals surface area (Å²) in [6, 6.07) is 17.6. The van der Waals surface area contributed by atoms with Crippen LogP contribution in [0.4, 0.5) is 11.4 Å². The van der Waals surface area contributed by atoms with E-state index in [1.54, 1.807) is 24.3 Å². The van der Waals surface area contributed by atoms with Gasteiger partial charge in [0.25, 0.3) is 5.91 Å². The minimum Gasteiger partial charge on any atom is -0.454 e. The summed E-state index contributed by atoms with van der Waals surface area (Å²) >= 11 is 12.0. The monoisotopic (exact) mass is 579 g/mol. The number of hydrogen-bond donors (Lipinski definition) is 0. The number of nitrogens with zero attached hydrogens (tertiary/aromatic N) is 3. The first-order valence-electron chi connectivity index (χ1n) is 12.9. The van der Waals surface area contributed by atoms with Crippen LogP contribution < -0.4 is 9.80 Å². The van der Waals surface area contributed by atoms with Gasteiger partial charge in [0.05, 0.1) is 23.7 Å². The van der Waals surface area contributed by atoms with Gasteiger partial charge >= 0.3 is 5.97 Å². The number of amides is 2. The van der Waals surface area contributed by atoms with Gasteiger partial charge in [-0.25, -0.2) is 9.69 Å². The number of anilines is 2. The second kappa shape index (κ2) is 11.8. The molecule has 2 heterocycles. The van der Waals surface area contributed by atoms with E-state index in [9.17, 15) is 19.2 Å². The van der Waals surface area contributed by atoms with Crippen LogP contribution in [0, 0.1) is 6.92 Å². The number of ether oxygens (including phenoxy) is 1. The lowest BCUT2D eigenvalue weighted by Crippen LogP contribution is -2.52. The first-order chi connectivity index (χ1) is 19.2. The molecule has 0 aromatic heterocycles. The Hall–Kier alpha value is -3.72. The minimum absolute atomic E-state index is 0.103. The zero-order valence-electron chi connectivity index (χ0n) is 21.8. The SMILES string of the molecule is Cc1ccc(Cl)cc1N1CCN(C2CC(=O)N(c3ccc(C(=O)OCC(=O)c4ccc(Cl)cc4)cc3)C2=O)CC1. The molecule has 0 aliphatic carbocycles. The first-order valence-corrected chi connectivity index (χ1v) is 13.6. The van der Waals surface area contributed by atoms with E-state index in [0.29, 0.717) is 34.4 Å². The zero-order chi connectivity index (χ0) is 28.4. The molecule has 0 spiro atoms. The number of esters is 1. The van der Waals surface area contributed by atoms with Gasteiger partial charge in [0, 0.05) is 47.5 Å². The molecule has 10 heteroatoms. The number of piperazine rings is 1. The smallest absolute Gasteiger partial charge is 0.338 e. The van der Waals surface area contributed by atoms with Gasteiger partial charge in [0.15, 0.2) is 12.4 Å². The van der Waals surface area contributed by atoms with Crippen LogP contribution in [0.5, 0.6) is 0 Å². The molecule has 8 nitrogen and oxygen atoms in total. The molecule has 1 atom stereocenters. The third-order valence-corrected chi connectivity index (χ3v) is 7.74. The normalized spacial score (nSPS) is 17.8. The highest BCUT2D eigenvalue weighted by molar-refractivity contribution is 6.31. The maximum atomic E-state index is 13.3. The number of aryl methyl sites for hydroxylation is 1. The first kappa shape index (κ1) is 27.8. The van der Waals surface area contributed by atoms with E-state index in [1.807, 2.05) is 25.1 Å². The molecule has 2 aliphatic heterocycles. The Bertz CT molecular complexity index is 1450. The maximum Gasteiger partial charge on any atom is 0.338 e. The summed E-state index contributed by atoms with van der Waals surface area (Å²) in [7, 11) is 0. The number of benzene rings is 3. The molecule has 0 N–H and O–H groups in total. The van der Waals surface area contributed by atoms with Gasteiger partial charge < -0.3 is 9.64 Å². The van der Waals surface area contributed by atoms with Crippen LogP contribution in [0.15, 0.2) is 66.7 Å². The Kier molecular flexibility index (Phi) is 8.21. The van der Waals surface area contributed by atoms with E-state index in [4.69, 9.17) is 27.9 Å². The molecule has 206 valence electrons. The molecule has 0 saturated carbocycles. The van der Waals surface area contributed by atoms with Crippen LogP contribution in [-0.2, 0) is 14.3 Å². The lowest BCUT2D eigenvalue weighted by molar-refractivity contribution is -0.123. The van der Waals surface area contributed by atoms with E-state index >= 15 is 0 Å². The second-order valence-corrected chi connectivity index (χ2v) is 10.7. The van der Waals surface area contributed by atoms with Crippen molar-refractivity contribution in [1.29, 1.82) is 0 Å². The summed E-state index contributed by atoms with van der Waals surface area (Å²) in [5.41, 5.74) is 3.19. The van der Waals surface area contributed by atoms with Crippen molar-refractivity contribution in [2.75, 3.05) is 42.6 Å². The van der Waals surface area contributed by atoms with Crippen molar-refractivity contribution in [1.82, 2.24) is 4.90 Å². The summed E-state index contributed by atoms with van der Waals surface area (Å²) in [6.07, 6.45) is 0.103. The summed E-state index contributed by atoms with van der Waals surface area (Å²) < 4.78 is 5.15. The van der Waals surface area contributed by atoms with Crippen LogP contribution in [0.25, 0.3) is 0 Å². The highest BCUT2D eigenvalue weighted by Crippen LogP contribution is 2.29. The topological polar surface area (TPSA) is 87.2 Å². The molecule has 2 saturated heterocycles. The molecule has 3 aromatic carbocycles. The van der Waals surface area contributed by atoms with Crippen molar-refractivity contribution < 1.29 is 23.9 Å². The van der Waals surface area contributed by atoms with Crippen molar-refractivity contribution in [3.63, 3.8) is 0 Å². The van der Waals surface area contributed by atoms with Crippen molar-refractivity contribution in [3.05, 3.63) is 93.5 Å². The zero-order valence-corrected chi connectivity index (χ0v) is 23.3. The fourth-order valence-corrected chi connectivity index (χ4v) is 5.34. The number of ketones is 1. The Labute approximate surface area is 242 Å². The highest BCUT2D eigenvalue weighted by atomic mass is 35.5. The fraction of sp³-hybridized carbons (Fsp3) is 0.267. The molecule has 1 unspecified atom stereocenters. The molecular weight excluding hydrogens is 553 g/mol.